The second-order valence-electron chi connectivity index (χ2n) is 8.04. The van der Waals surface area contributed by atoms with Gasteiger partial charge in [-0.15, -0.1) is 0 Å². The van der Waals surface area contributed by atoms with Gasteiger partial charge in [0.15, 0.2) is 0 Å². The molecule has 160 valence electrons. The Kier molecular flexibility index (Phi) is 6.17. The van der Waals surface area contributed by atoms with Gasteiger partial charge in [-0.05, 0) is 54.2 Å². The lowest BCUT2D eigenvalue weighted by molar-refractivity contribution is -0.126. The van der Waals surface area contributed by atoms with Crippen LogP contribution in [0.1, 0.15) is 46.3 Å². The number of rotatable bonds is 6. The van der Waals surface area contributed by atoms with Crippen molar-refractivity contribution in [3.05, 3.63) is 81.0 Å². The van der Waals surface area contributed by atoms with Gasteiger partial charge in [0, 0.05) is 30.6 Å². The minimum atomic E-state index is -0.471. The number of nitrogens with one attached hydrogen (secondary N) is 1. The number of piperidine rings is 1. The molecule has 0 spiro atoms. The van der Waals surface area contributed by atoms with E-state index in [-0.39, 0.29) is 17.6 Å². The third kappa shape index (κ3) is 4.68. The lowest BCUT2D eigenvalue weighted by atomic mass is 10.00. The van der Waals surface area contributed by atoms with Crippen molar-refractivity contribution in [2.24, 2.45) is 0 Å². The van der Waals surface area contributed by atoms with Crippen LogP contribution in [0.15, 0.2) is 48.7 Å². The molecular weight excluding hydrogens is 435 g/mol. The molecule has 2 heterocycles. The molecule has 0 radical (unpaired) electrons. The minimum absolute atomic E-state index is 0.107. The molecule has 1 atom stereocenters. The fourth-order valence-corrected chi connectivity index (χ4v) is 4.43. The molecule has 2 amide bonds. The van der Waals surface area contributed by atoms with E-state index in [1.807, 2.05) is 12.1 Å². The Hall–Kier alpha value is -2.63. The van der Waals surface area contributed by atoms with Crippen LogP contribution < -0.4 is 5.32 Å². The van der Waals surface area contributed by atoms with Gasteiger partial charge in [0.2, 0.25) is 5.91 Å². The number of amides is 2. The van der Waals surface area contributed by atoms with Gasteiger partial charge in [-0.3, -0.25) is 14.4 Å². The number of Topliss-reactive ketones (excluding diaryl/α,β-unsaturated/α-hetero) is 1. The number of carbonyl (C=O) groups excluding carboxylic acids is 3. The van der Waals surface area contributed by atoms with Gasteiger partial charge in [0.1, 0.15) is 11.8 Å². The molecule has 4 rings (SSSR count). The third-order valence-electron chi connectivity index (χ3n) is 5.78. The summed E-state index contributed by atoms with van der Waals surface area (Å²) in [5, 5.41) is 3.65. The largest absolute Gasteiger partial charge is 0.329 e. The average Bonchev–Trinajstić information content (AvgIpc) is 3.05. The second kappa shape index (κ2) is 8.85. The van der Waals surface area contributed by atoms with E-state index in [1.54, 1.807) is 29.2 Å². The second-order valence-corrected chi connectivity index (χ2v) is 8.85. The standard InChI is InChI=1S/C24H22Cl2N2O3/c1-14-2-9-22(23(30)27-14)28-13-17-10-15(4-7-19(17)24(28)31)3-6-18(29)11-16-5-8-20(25)21(26)12-16/h4-5,7-8,10,12,22H,1-3,6,9,11,13H2,(H,27,30). The molecule has 31 heavy (non-hydrogen) atoms. The van der Waals surface area contributed by atoms with E-state index in [0.29, 0.717) is 60.0 Å². The van der Waals surface area contributed by atoms with Crippen LogP contribution in [0.2, 0.25) is 10.0 Å². The van der Waals surface area contributed by atoms with E-state index in [1.165, 1.54) is 0 Å². The molecule has 1 saturated heterocycles. The van der Waals surface area contributed by atoms with Crippen LogP contribution in [0.3, 0.4) is 0 Å². The predicted octanol–water partition coefficient (Wildman–Crippen LogP) is 4.49. The predicted molar refractivity (Wildman–Crippen MR) is 120 cm³/mol. The van der Waals surface area contributed by atoms with Crippen LogP contribution in [0.5, 0.6) is 0 Å². The number of aryl methyl sites for hydroxylation is 1. The molecular formula is C24H22Cl2N2O3. The highest BCUT2D eigenvalue weighted by Gasteiger charge is 2.38. The summed E-state index contributed by atoms with van der Waals surface area (Å²) in [6.07, 6.45) is 2.54. The summed E-state index contributed by atoms with van der Waals surface area (Å²) in [6, 6.07) is 10.4. The molecule has 0 aliphatic carbocycles. The Labute approximate surface area is 191 Å². The molecule has 2 aliphatic heterocycles. The highest BCUT2D eigenvalue weighted by molar-refractivity contribution is 6.42. The lowest BCUT2D eigenvalue weighted by Gasteiger charge is -2.30. The van der Waals surface area contributed by atoms with E-state index in [4.69, 9.17) is 23.2 Å². The van der Waals surface area contributed by atoms with E-state index in [2.05, 4.69) is 11.9 Å². The molecule has 1 unspecified atom stereocenters. The lowest BCUT2D eigenvalue weighted by Crippen LogP contribution is -2.49. The average molecular weight is 457 g/mol. The number of benzene rings is 2. The van der Waals surface area contributed by atoms with E-state index in [0.717, 1.165) is 16.7 Å². The maximum absolute atomic E-state index is 12.8. The van der Waals surface area contributed by atoms with Crippen molar-refractivity contribution in [2.75, 3.05) is 0 Å². The third-order valence-corrected chi connectivity index (χ3v) is 6.52. The first-order chi connectivity index (χ1) is 14.8. The molecule has 7 heteroatoms. The van der Waals surface area contributed by atoms with Crippen molar-refractivity contribution in [1.82, 2.24) is 10.2 Å². The maximum Gasteiger partial charge on any atom is 0.255 e. The van der Waals surface area contributed by atoms with Crippen LogP contribution in [0.4, 0.5) is 0 Å². The SMILES string of the molecule is C=C1CCC(N2Cc3cc(CCC(=O)Cc4ccc(Cl)c(Cl)c4)ccc3C2=O)C(=O)N1. The van der Waals surface area contributed by atoms with Gasteiger partial charge in [-0.1, -0.05) is 48.0 Å². The Morgan fingerprint density at radius 2 is 1.87 bits per heavy atom. The molecule has 1 N–H and O–H groups in total. The smallest absolute Gasteiger partial charge is 0.255 e. The van der Waals surface area contributed by atoms with Crippen LogP contribution in [0.25, 0.3) is 0 Å². The summed E-state index contributed by atoms with van der Waals surface area (Å²) in [5.74, 6) is -0.189. The number of hydrogen-bond donors (Lipinski definition) is 1. The van der Waals surface area contributed by atoms with Crippen molar-refractivity contribution < 1.29 is 14.4 Å². The molecule has 2 aliphatic rings. The first-order valence-electron chi connectivity index (χ1n) is 10.2. The van der Waals surface area contributed by atoms with Gasteiger partial charge < -0.3 is 10.2 Å². The summed E-state index contributed by atoms with van der Waals surface area (Å²) in [4.78, 5) is 39.1. The van der Waals surface area contributed by atoms with E-state index < -0.39 is 6.04 Å². The minimum Gasteiger partial charge on any atom is -0.329 e. The number of nitrogens with zero attached hydrogens (tertiary/aromatic N) is 1. The Morgan fingerprint density at radius 3 is 2.61 bits per heavy atom. The van der Waals surface area contributed by atoms with Crippen molar-refractivity contribution in [3.8, 4) is 0 Å². The number of fused-ring (bicyclic) bond motifs is 1. The van der Waals surface area contributed by atoms with E-state index in [9.17, 15) is 14.4 Å². The molecule has 2 aromatic carbocycles. The van der Waals surface area contributed by atoms with Crippen LogP contribution in [-0.4, -0.2) is 28.5 Å². The summed E-state index contributed by atoms with van der Waals surface area (Å²) in [7, 11) is 0. The first kappa shape index (κ1) is 21.6. The quantitative estimate of drug-likeness (QED) is 0.696. The van der Waals surface area contributed by atoms with Crippen molar-refractivity contribution >= 4 is 40.8 Å². The molecule has 0 saturated carbocycles. The van der Waals surface area contributed by atoms with Crippen molar-refractivity contribution in [1.29, 1.82) is 0 Å². The summed E-state index contributed by atoms with van der Waals surface area (Å²) >= 11 is 11.9. The Balaban J connectivity index is 1.38. The van der Waals surface area contributed by atoms with Crippen molar-refractivity contribution in [3.63, 3.8) is 0 Å². The maximum atomic E-state index is 12.8. The molecule has 0 aromatic heterocycles. The molecule has 1 fully saturated rings. The van der Waals surface area contributed by atoms with Gasteiger partial charge in [-0.25, -0.2) is 0 Å². The zero-order valence-corrected chi connectivity index (χ0v) is 18.4. The monoisotopic (exact) mass is 456 g/mol. The fourth-order valence-electron chi connectivity index (χ4n) is 4.11. The van der Waals surface area contributed by atoms with Crippen molar-refractivity contribution in [2.45, 2.75) is 44.7 Å². The molecule has 5 nitrogen and oxygen atoms in total. The Morgan fingerprint density at radius 1 is 1.10 bits per heavy atom. The highest BCUT2D eigenvalue weighted by Crippen LogP contribution is 2.29. The molecule has 0 bridgehead atoms. The highest BCUT2D eigenvalue weighted by atomic mass is 35.5. The summed E-state index contributed by atoms with van der Waals surface area (Å²) in [6.45, 7) is 4.20. The number of carbonyl (C=O) groups is 3. The number of hydrogen-bond acceptors (Lipinski definition) is 3. The summed E-state index contributed by atoms with van der Waals surface area (Å²) < 4.78 is 0. The topological polar surface area (TPSA) is 66.5 Å². The normalized spacial score (nSPS) is 18.2. The number of ketones is 1. The zero-order chi connectivity index (χ0) is 22.1. The Bertz CT molecular complexity index is 1100. The van der Waals surface area contributed by atoms with Gasteiger partial charge in [0.25, 0.3) is 5.91 Å². The number of allylic oxidation sites excluding steroid dienone is 1. The van der Waals surface area contributed by atoms with Gasteiger partial charge in [-0.2, -0.15) is 0 Å². The first-order valence-corrected chi connectivity index (χ1v) is 10.9. The van der Waals surface area contributed by atoms with Crippen LogP contribution >= 0.6 is 23.2 Å². The van der Waals surface area contributed by atoms with Gasteiger partial charge in [0.05, 0.1) is 10.0 Å². The molecule has 2 aromatic rings. The van der Waals surface area contributed by atoms with Crippen LogP contribution in [-0.2, 0) is 29.0 Å². The number of halogens is 2. The van der Waals surface area contributed by atoms with Crippen LogP contribution in [0, 0.1) is 0 Å². The summed E-state index contributed by atoms with van der Waals surface area (Å²) in [5.41, 5.74) is 4.05. The van der Waals surface area contributed by atoms with Gasteiger partial charge >= 0.3 is 0 Å². The fraction of sp³-hybridized carbons (Fsp3) is 0.292. The zero-order valence-electron chi connectivity index (χ0n) is 16.9. The van der Waals surface area contributed by atoms with E-state index >= 15 is 0 Å².